The lowest BCUT2D eigenvalue weighted by Crippen LogP contribution is -2.47. The molecule has 26 heavy (non-hydrogen) atoms. The first-order valence-corrected chi connectivity index (χ1v) is 9.61. The molecule has 0 aliphatic carbocycles. The summed E-state index contributed by atoms with van der Waals surface area (Å²) in [6.45, 7) is 9.68. The molecule has 4 heterocycles. The van der Waals surface area contributed by atoms with Crippen LogP contribution in [-0.2, 0) is 0 Å². The number of nitrogens with zero attached hydrogens (tertiary/aromatic N) is 5. The fourth-order valence-electron chi connectivity index (χ4n) is 3.43. The average molecular weight is 370 g/mol. The van der Waals surface area contributed by atoms with E-state index in [0.29, 0.717) is 0 Å². The summed E-state index contributed by atoms with van der Waals surface area (Å²) < 4.78 is 0. The SMILES string of the molecule is Cc1sc2nc(C(C)N3CCN(c4cnccn4)CC3)[nH]c(=O)c2c1C. The molecule has 1 N–H and O–H groups in total. The van der Waals surface area contributed by atoms with Crippen LogP contribution in [0.25, 0.3) is 10.2 Å². The Morgan fingerprint density at radius 1 is 1.19 bits per heavy atom. The van der Waals surface area contributed by atoms with Gasteiger partial charge in [0.25, 0.3) is 5.56 Å². The van der Waals surface area contributed by atoms with E-state index in [2.05, 4.69) is 31.7 Å². The minimum atomic E-state index is -0.0307. The molecule has 1 atom stereocenters. The van der Waals surface area contributed by atoms with Crippen LogP contribution in [0.4, 0.5) is 5.82 Å². The highest BCUT2D eigenvalue weighted by Crippen LogP contribution is 2.27. The summed E-state index contributed by atoms with van der Waals surface area (Å²) >= 11 is 1.60. The summed E-state index contributed by atoms with van der Waals surface area (Å²) in [6.07, 6.45) is 5.21. The Balaban J connectivity index is 1.53. The first-order chi connectivity index (χ1) is 12.5. The van der Waals surface area contributed by atoms with Crippen LogP contribution in [0, 0.1) is 13.8 Å². The Hall–Kier alpha value is -2.32. The fraction of sp³-hybridized carbons (Fsp3) is 0.444. The van der Waals surface area contributed by atoms with Crippen molar-refractivity contribution in [3.05, 3.63) is 45.2 Å². The summed E-state index contributed by atoms with van der Waals surface area (Å²) in [5.41, 5.74) is 1.01. The Bertz CT molecular complexity index is 975. The van der Waals surface area contributed by atoms with Gasteiger partial charge in [-0.05, 0) is 26.3 Å². The van der Waals surface area contributed by atoms with Gasteiger partial charge >= 0.3 is 0 Å². The van der Waals surface area contributed by atoms with Gasteiger partial charge in [0.05, 0.1) is 17.6 Å². The molecule has 136 valence electrons. The fourth-order valence-corrected chi connectivity index (χ4v) is 4.47. The maximum absolute atomic E-state index is 12.5. The van der Waals surface area contributed by atoms with Crippen LogP contribution in [0.15, 0.2) is 23.4 Å². The van der Waals surface area contributed by atoms with Gasteiger partial charge in [-0.15, -0.1) is 11.3 Å². The van der Waals surface area contributed by atoms with Crippen molar-refractivity contribution in [1.29, 1.82) is 0 Å². The third kappa shape index (κ3) is 2.99. The van der Waals surface area contributed by atoms with Crippen LogP contribution in [0.5, 0.6) is 0 Å². The van der Waals surface area contributed by atoms with Gasteiger partial charge in [-0.3, -0.25) is 14.7 Å². The zero-order valence-electron chi connectivity index (χ0n) is 15.2. The molecule has 3 aromatic rings. The Morgan fingerprint density at radius 2 is 1.96 bits per heavy atom. The van der Waals surface area contributed by atoms with Crippen molar-refractivity contribution in [2.75, 3.05) is 31.1 Å². The normalized spacial score (nSPS) is 17.0. The van der Waals surface area contributed by atoms with Crippen molar-refractivity contribution in [3.8, 4) is 0 Å². The third-order valence-electron chi connectivity index (χ3n) is 5.19. The predicted octanol–water partition coefficient (Wildman–Crippen LogP) is 2.27. The van der Waals surface area contributed by atoms with Gasteiger partial charge in [-0.25, -0.2) is 9.97 Å². The second kappa shape index (κ2) is 6.77. The van der Waals surface area contributed by atoms with Gasteiger partial charge in [0.15, 0.2) is 0 Å². The van der Waals surface area contributed by atoms with Crippen LogP contribution in [-0.4, -0.2) is 51.0 Å². The van der Waals surface area contributed by atoms with E-state index in [1.165, 1.54) is 0 Å². The number of anilines is 1. The topological polar surface area (TPSA) is 78.0 Å². The average Bonchev–Trinajstić information content (AvgIpc) is 2.96. The molecule has 0 radical (unpaired) electrons. The maximum Gasteiger partial charge on any atom is 0.259 e. The van der Waals surface area contributed by atoms with Gasteiger partial charge in [0.2, 0.25) is 0 Å². The molecule has 0 saturated carbocycles. The van der Waals surface area contributed by atoms with Crippen molar-refractivity contribution in [2.45, 2.75) is 26.8 Å². The minimum absolute atomic E-state index is 0.0307. The molecule has 0 bridgehead atoms. The van der Waals surface area contributed by atoms with E-state index >= 15 is 0 Å². The molecule has 1 fully saturated rings. The molecule has 3 aromatic heterocycles. The maximum atomic E-state index is 12.5. The molecule has 1 aliphatic heterocycles. The van der Waals surface area contributed by atoms with Crippen molar-refractivity contribution in [1.82, 2.24) is 24.8 Å². The van der Waals surface area contributed by atoms with Crippen molar-refractivity contribution >= 4 is 27.4 Å². The van der Waals surface area contributed by atoms with E-state index in [9.17, 15) is 4.79 Å². The lowest BCUT2D eigenvalue weighted by atomic mass is 10.2. The minimum Gasteiger partial charge on any atom is -0.353 e. The third-order valence-corrected chi connectivity index (χ3v) is 6.29. The summed E-state index contributed by atoms with van der Waals surface area (Å²) in [5.74, 6) is 1.66. The predicted molar refractivity (Wildman–Crippen MR) is 104 cm³/mol. The summed E-state index contributed by atoms with van der Waals surface area (Å²) in [6, 6.07) is 0.0684. The van der Waals surface area contributed by atoms with Crippen LogP contribution in [0.1, 0.15) is 29.2 Å². The Morgan fingerprint density at radius 3 is 2.65 bits per heavy atom. The van der Waals surface area contributed by atoms with Gasteiger partial charge < -0.3 is 9.88 Å². The molecule has 1 unspecified atom stereocenters. The molecule has 7 nitrogen and oxygen atoms in total. The number of hydrogen-bond donors (Lipinski definition) is 1. The number of hydrogen-bond acceptors (Lipinski definition) is 7. The quantitative estimate of drug-likeness (QED) is 0.762. The first kappa shape index (κ1) is 17.1. The number of rotatable bonds is 3. The Kier molecular flexibility index (Phi) is 4.46. The van der Waals surface area contributed by atoms with E-state index in [1.807, 2.05) is 13.8 Å². The first-order valence-electron chi connectivity index (χ1n) is 8.79. The van der Waals surface area contributed by atoms with Gasteiger partial charge in [0, 0.05) is 43.4 Å². The number of piperazine rings is 1. The molecule has 4 rings (SSSR count). The molecule has 1 aliphatic rings. The number of nitrogens with one attached hydrogen (secondary N) is 1. The van der Waals surface area contributed by atoms with Gasteiger partial charge in [-0.1, -0.05) is 0 Å². The number of aromatic amines is 1. The second-order valence-corrected chi connectivity index (χ2v) is 7.88. The van der Waals surface area contributed by atoms with Gasteiger partial charge in [-0.2, -0.15) is 0 Å². The molecule has 0 spiro atoms. The second-order valence-electron chi connectivity index (χ2n) is 6.68. The van der Waals surface area contributed by atoms with Crippen LogP contribution in [0.3, 0.4) is 0 Å². The zero-order chi connectivity index (χ0) is 18.3. The number of aromatic nitrogens is 4. The van der Waals surface area contributed by atoms with E-state index in [0.717, 1.165) is 58.5 Å². The molecular weight excluding hydrogens is 348 g/mol. The highest BCUT2D eigenvalue weighted by molar-refractivity contribution is 7.18. The smallest absolute Gasteiger partial charge is 0.259 e. The van der Waals surface area contributed by atoms with E-state index < -0.39 is 0 Å². The van der Waals surface area contributed by atoms with Crippen LogP contribution >= 0.6 is 11.3 Å². The highest BCUT2D eigenvalue weighted by Gasteiger charge is 2.25. The van der Waals surface area contributed by atoms with Crippen molar-refractivity contribution in [3.63, 3.8) is 0 Å². The van der Waals surface area contributed by atoms with Gasteiger partial charge in [0.1, 0.15) is 16.5 Å². The number of fused-ring (bicyclic) bond motifs is 1. The lowest BCUT2D eigenvalue weighted by molar-refractivity contribution is 0.191. The molecular formula is C18H22N6OS. The van der Waals surface area contributed by atoms with Crippen LogP contribution in [0.2, 0.25) is 0 Å². The van der Waals surface area contributed by atoms with E-state index in [1.54, 1.807) is 29.9 Å². The summed E-state index contributed by atoms with van der Waals surface area (Å²) in [5, 5.41) is 0.732. The molecule has 1 saturated heterocycles. The van der Waals surface area contributed by atoms with E-state index in [-0.39, 0.29) is 11.6 Å². The lowest BCUT2D eigenvalue weighted by Gasteiger charge is -2.37. The van der Waals surface area contributed by atoms with Crippen LogP contribution < -0.4 is 10.5 Å². The van der Waals surface area contributed by atoms with Crippen molar-refractivity contribution < 1.29 is 0 Å². The monoisotopic (exact) mass is 370 g/mol. The molecule has 8 heteroatoms. The molecule has 0 amide bonds. The summed E-state index contributed by atoms with van der Waals surface area (Å²) in [7, 11) is 0. The largest absolute Gasteiger partial charge is 0.353 e. The number of aryl methyl sites for hydroxylation is 2. The standard InChI is InChI=1S/C18H22N6OS/c1-11-13(3)26-18-15(11)17(25)21-16(22-18)12(2)23-6-8-24(9-7-23)14-10-19-4-5-20-14/h4-5,10,12H,6-9H2,1-3H3,(H,21,22,25). The van der Waals surface area contributed by atoms with Crippen molar-refractivity contribution in [2.24, 2.45) is 0 Å². The number of thiophene rings is 1. The van der Waals surface area contributed by atoms with E-state index in [4.69, 9.17) is 4.98 Å². The highest BCUT2D eigenvalue weighted by atomic mass is 32.1. The molecule has 0 aromatic carbocycles. The summed E-state index contributed by atoms with van der Waals surface area (Å²) in [4.78, 5) is 35.4. The zero-order valence-corrected chi connectivity index (χ0v) is 16.0. The Labute approximate surface area is 155 Å². The number of H-pyrrole nitrogens is 1.